The van der Waals surface area contributed by atoms with Gasteiger partial charge in [-0.25, -0.2) is 9.97 Å². The molecule has 0 radical (unpaired) electrons. The van der Waals surface area contributed by atoms with Gasteiger partial charge in [0.1, 0.15) is 23.1 Å². The van der Waals surface area contributed by atoms with Gasteiger partial charge in [0, 0.05) is 50.2 Å². The Hall–Kier alpha value is -3.54. The fourth-order valence-electron chi connectivity index (χ4n) is 5.12. The van der Waals surface area contributed by atoms with Crippen molar-refractivity contribution >= 4 is 28.4 Å². The van der Waals surface area contributed by atoms with Gasteiger partial charge in [0.05, 0.1) is 36.7 Å². The Labute approximate surface area is 207 Å². The summed E-state index contributed by atoms with van der Waals surface area (Å²) in [4.78, 5) is 22.6. The number of aliphatic hydroxyl groups excluding tert-OH is 1. The lowest BCUT2D eigenvalue weighted by Gasteiger charge is -2.32. The lowest BCUT2D eigenvalue weighted by molar-refractivity contribution is -0.0592. The minimum atomic E-state index is -0.507. The number of carbonyl (C=O) groups is 1. The van der Waals surface area contributed by atoms with Crippen LogP contribution < -0.4 is 10.6 Å². The van der Waals surface area contributed by atoms with E-state index in [1.807, 2.05) is 18.2 Å². The van der Waals surface area contributed by atoms with E-state index in [1.165, 1.54) is 6.20 Å². The predicted molar refractivity (Wildman–Crippen MR) is 133 cm³/mol. The van der Waals surface area contributed by atoms with Gasteiger partial charge in [0.15, 0.2) is 5.65 Å². The van der Waals surface area contributed by atoms with Crippen molar-refractivity contribution < 1.29 is 19.4 Å². The van der Waals surface area contributed by atoms with Crippen LogP contribution in [0.2, 0.25) is 0 Å². The van der Waals surface area contributed by atoms with Gasteiger partial charge in [-0.3, -0.25) is 4.79 Å². The van der Waals surface area contributed by atoms with Gasteiger partial charge in [-0.05, 0) is 31.4 Å². The molecule has 1 saturated carbocycles. The number of ether oxygens (including phenoxy) is 2. The Balaban J connectivity index is 1.47. The molecule has 1 aliphatic heterocycles. The van der Waals surface area contributed by atoms with Crippen molar-refractivity contribution in [3.63, 3.8) is 0 Å². The van der Waals surface area contributed by atoms with Gasteiger partial charge in [0.2, 0.25) is 0 Å². The first-order chi connectivity index (χ1) is 17.6. The summed E-state index contributed by atoms with van der Waals surface area (Å²) in [5, 5.41) is 21.3. The molecule has 2 fully saturated rings. The first-order valence-electron chi connectivity index (χ1n) is 12.2. The molecule has 1 amide bonds. The molecule has 3 N–H and O–H groups in total. The number of pyridine rings is 1. The maximum absolute atomic E-state index is 13.0. The van der Waals surface area contributed by atoms with Gasteiger partial charge in [0.25, 0.3) is 5.91 Å². The molecule has 4 aromatic rings. The van der Waals surface area contributed by atoms with Crippen molar-refractivity contribution in [1.29, 1.82) is 0 Å². The average Bonchev–Trinajstić information content (AvgIpc) is 3.52. The van der Waals surface area contributed by atoms with Crippen molar-refractivity contribution in [3.8, 4) is 11.3 Å². The number of carbonyl (C=O) groups excluding carboxylic acids is 1. The number of rotatable bonds is 6. The van der Waals surface area contributed by atoms with Crippen LogP contribution in [0.15, 0.2) is 36.8 Å². The SMILES string of the molecule is CNc1cc(-c2cn([C@H]3CCOC[C@H]3OC)c3ncccc23)nc2c(C(=O)NC3CC[C@@H]3O)cnn12. The van der Waals surface area contributed by atoms with Crippen LogP contribution in [0.1, 0.15) is 35.7 Å². The normalized spacial score (nSPS) is 24.1. The zero-order valence-corrected chi connectivity index (χ0v) is 20.2. The largest absolute Gasteiger partial charge is 0.391 e. The molecule has 0 bridgehead atoms. The summed E-state index contributed by atoms with van der Waals surface area (Å²) in [6, 6.07) is 5.70. The van der Waals surface area contributed by atoms with E-state index in [1.54, 1.807) is 24.9 Å². The van der Waals surface area contributed by atoms with Crippen LogP contribution in [0, 0.1) is 0 Å². The molecule has 4 atom stereocenters. The van der Waals surface area contributed by atoms with E-state index in [0.717, 1.165) is 29.4 Å². The van der Waals surface area contributed by atoms with Gasteiger partial charge in [-0.15, -0.1) is 0 Å². The van der Waals surface area contributed by atoms with Crippen LogP contribution >= 0.6 is 0 Å². The molecule has 1 saturated heterocycles. The minimum absolute atomic E-state index is 0.0765. The van der Waals surface area contributed by atoms with Crippen LogP contribution in [0.4, 0.5) is 5.82 Å². The lowest BCUT2D eigenvalue weighted by Crippen LogP contribution is -2.50. The van der Waals surface area contributed by atoms with Crippen molar-refractivity contribution in [1.82, 2.24) is 29.5 Å². The number of fused-ring (bicyclic) bond motifs is 2. The van der Waals surface area contributed by atoms with E-state index < -0.39 is 6.10 Å². The zero-order chi connectivity index (χ0) is 24.8. The summed E-state index contributed by atoms with van der Waals surface area (Å²) in [6.07, 6.45) is 7.04. The Bertz CT molecular complexity index is 1430. The molecule has 6 rings (SSSR count). The number of aliphatic hydroxyl groups is 1. The summed E-state index contributed by atoms with van der Waals surface area (Å²) in [7, 11) is 3.51. The second-order valence-corrected chi connectivity index (χ2v) is 9.32. The Morgan fingerprint density at radius 2 is 2.17 bits per heavy atom. The van der Waals surface area contributed by atoms with E-state index in [0.29, 0.717) is 42.4 Å². The lowest BCUT2D eigenvalue weighted by atomic mass is 9.89. The van der Waals surface area contributed by atoms with Gasteiger partial charge >= 0.3 is 0 Å². The number of amides is 1. The highest BCUT2D eigenvalue weighted by Gasteiger charge is 2.32. The quantitative estimate of drug-likeness (QED) is 0.374. The summed E-state index contributed by atoms with van der Waals surface area (Å²) >= 11 is 0. The molecular weight excluding hydrogens is 462 g/mol. The summed E-state index contributed by atoms with van der Waals surface area (Å²) in [5.41, 5.74) is 3.25. The second-order valence-electron chi connectivity index (χ2n) is 9.32. The van der Waals surface area contributed by atoms with E-state index in [9.17, 15) is 9.90 Å². The van der Waals surface area contributed by atoms with Crippen LogP contribution in [0.3, 0.4) is 0 Å². The van der Waals surface area contributed by atoms with Crippen LogP contribution in [-0.4, -0.2) is 80.8 Å². The van der Waals surface area contributed by atoms with Gasteiger partial charge in [-0.1, -0.05) is 0 Å². The predicted octanol–water partition coefficient (Wildman–Crippen LogP) is 2.02. The topological polar surface area (TPSA) is 128 Å². The second kappa shape index (κ2) is 9.16. The first-order valence-corrected chi connectivity index (χ1v) is 12.2. The molecule has 1 aliphatic carbocycles. The summed E-state index contributed by atoms with van der Waals surface area (Å²) < 4.78 is 15.1. The number of nitrogens with zero attached hydrogens (tertiary/aromatic N) is 5. The maximum Gasteiger partial charge on any atom is 0.257 e. The van der Waals surface area contributed by atoms with E-state index in [2.05, 4.69) is 31.5 Å². The Kier molecular flexibility index (Phi) is 5.82. The first kappa shape index (κ1) is 22.9. The highest BCUT2D eigenvalue weighted by Crippen LogP contribution is 2.35. The molecule has 0 aromatic carbocycles. The molecular formula is C25H29N7O4. The third-order valence-electron chi connectivity index (χ3n) is 7.32. The Morgan fingerprint density at radius 1 is 1.28 bits per heavy atom. The van der Waals surface area contributed by atoms with E-state index >= 15 is 0 Å². The fourth-order valence-corrected chi connectivity index (χ4v) is 5.12. The van der Waals surface area contributed by atoms with Crippen molar-refractivity contribution in [2.45, 2.75) is 43.6 Å². The van der Waals surface area contributed by atoms with Crippen molar-refractivity contribution in [3.05, 3.63) is 42.4 Å². The molecule has 11 nitrogen and oxygen atoms in total. The highest BCUT2D eigenvalue weighted by molar-refractivity contribution is 6.01. The maximum atomic E-state index is 13.0. The molecule has 2 aliphatic rings. The third kappa shape index (κ3) is 3.71. The molecule has 188 valence electrons. The average molecular weight is 492 g/mol. The summed E-state index contributed by atoms with van der Waals surface area (Å²) in [5.74, 6) is 0.401. The van der Waals surface area contributed by atoms with E-state index in [4.69, 9.17) is 14.5 Å². The fraction of sp³-hybridized carbons (Fsp3) is 0.440. The van der Waals surface area contributed by atoms with Crippen LogP contribution in [-0.2, 0) is 9.47 Å². The highest BCUT2D eigenvalue weighted by atomic mass is 16.5. The number of hydrogen-bond acceptors (Lipinski definition) is 8. The van der Waals surface area contributed by atoms with Gasteiger partial charge < -0.3 is 29.8 Å². The third-order valence-corrected chi connectivity index (χ3v) is 7.32. The van der Waals surface area contributed by atoms with Crippen molar-refractivity contribution in [2.75, 3.05) is 32.7 Å². The monoisotopic (exact) mass is 491 g/mol. The van der Waals surface area contributed by atoms with Gasteiger partial charge in [-0.2, -0.15) is 9.61 Å². The number of hydrogen-bond donors (Lipinski definition) is 3. The zero-order valence-electron chi connectivity index (χ0n) is 20.2. The summed E-state index contributed by atoms with van der Waals surface area (Å²) in [6.45, 7) is 1.19. The van der Waals surface area contributed by atoms with Crippen LogP contribution in [0.25, 0.3) is 27.9 Å². The number of methoxy groups -OCH3 is 1. The number of aromatic nitrogens is 5. The van der Waals surface area contributed by atoms with E-state index in [-0.39, 0.29) is 24.1 Å². The number of nitrogens with one attached hydrogen (secondary N) is 2. The minimum Gasteiger partial charge on any atom is -0.391 e. The molecule has 4 aromatic heterocycles. The Morgan fingerprint density at radius 3 is 2.92 bits per heavy atom. The van der Waals surface area contributed by atoms with Crippen LogP contribution in [0.5, 0.6) is 0 Å². The molecule has 11 heteroatoms. The molecule has 1 unspecified atom stereocenters. The standard InChI is InChI=1S/C25H29N7O4/c1-26-22-10-18(29-24-15(11-28-32(22)24)25(34)30-17-5-6-20(17)33)16-12-31(23-14(16)4-3-8-27-23)19-7-9-36-13-21(19)35-2/h3-4,8,10-12,17,19-21,26,33H,5-7,9,13H2,1-2H3,(H,30,34)/t17?,19-,20-,21+/m0/s1. The number of anilines is 1. The molecule has 5 heterocycles. The molecule has 36 heavy (non-hydrogen) atoms. The molecule has 0 spiro atoms. The smallest absolute Gasteiger partial charge is 0.257 e. The van der Waals surface area contributed by atoms with Crippen molar-refractivity contribution in [2.24, 2.45) is 0 Å².